The molecular formula is C10H9O3. The van der Waals surface area contributed by atoms with Crippen molar-refractivity contribution in [1.29, 1.82) is 0 Å². The molecule has 1 rings (SSSR count). The topological polar surface area (TPSA) is 43.4 Å². The minimum Gasteiger partial charge on any atom is -0.457 e. The van der Waals surface area contributed by atoms with Gasteiger partial charge in [-0.3, -0.25) is 4.79 Å². The third-order valence-corrected chi connectivity index (χ3v) is 1.59. The first-order valence-electron chi connectivity index (χ1n) is 3.92. The first kappa shape index (κ1) is 9.45. The summed E-state index contributed by atoms with van der Waals surface area (Å²) in [6.07, 6.45) is 0.208. The number of Topliss-reactive ketones (excluding diaryl/α,β-unsaturated/α-hetero) is 1. The number of ketones is 1. The van der Waals surface area contributed by atoms with Crippen LogP contribution in [0, 0.1) is 0 Å². The molecule has 3 nitrogen and oxygen atoms in total. The van der Waals surface area contributed by atoms with Crippen LogP contribution in [-0.4, -0.2) is 18.9 Å². The third kappa shape index (κ3) is 3.07. The highest BCUT2D eigenvalue weighted by atomic mass is 16.5. The number of hydrogen-bond donors (Lipinski definition) is 0. The van der Waals surface area contributed by atoms with Gasteiger partial charge in [0.25, 0.3) is 0 Å². The number of carbonyl (C=O) groups excluding carboxylic acids is 2. The van der Waals surface area contributed by atoms with E-state index >= 15 is 0 Å². The second kappa shape index (κ2) is 5.09. The maximum atomic E-state index is 11.3. The van der Waals surface area contributed by atoms with Crippen molar-refractivity contribution in [1.82, 2.24) is 0 Å². The quantitative estimate of drug-likeness (QED) is 0.503. The van der Waals surface area contributed by atoms with Gasteiger partial charge in [0, 0.05) is 12.0 Å². The molecule has 0 spiro atoms. The summed E-state index contributed by atoms with van der Waals surface area (Å²) < 4.78 is 4.30. The van der Waals surface area contributed by atoms with Gasteiger partial charge in [-0.25, -0.2) is 4.79 Å². The van der Waals surface area contributed by atoms with Gasteiger partial charge in [0.15, 0.2) is 5.78 Å². The van der Waals surface area contributed by atoms with Crippen LogP contribution < -0.4 is 0 Å². The Bertz CT molecular complexity index is 279. The van der Waals surface area contributed by atoms with Crippen molar-refractivity contribution in [2.24, 2.45) is 0 Å². The van der Waals surface area contributed by atoms with Crippen LogP contribution in [0.2, 0.25) is 0 Å². The Hall–Kier alpha value is -1.64. The lowest BCUT2D eigenvalue weighted by Crippen LogP contribution is -2.03. The number of benzene rings is 1. The molecule has 0 bridgehead atoms. The van der Waals surface area contributed by atoms with E-state index in [1.165, 1.54) is 6.47 Å². The minimum absolute atomic E-state index is 0.0316. The smallest absolute Gasteiger partial charge is 0.417 e. The number of carbonyl (C=O) groups is 1. The molecule has 0 unspecified atom stereocenters. The summed E-state index contributed by atoms with van der Waals surface area (Å²) in [5.74, 6) is -0.0316. The van der Waals surface area contributed by atoms with Crippen molar-refractivity contribution in [3.05, 3.63) is 35.9 Å². The van der Waals surface area contributed by atoms with Crippen LogP contribution in [0.1, 0.15) is 16.8 Å². The van der Waals surface area contributed by atoms with E-state index in [9.17, 15) is 9.59 Å². The molecule has 13 heavy (non-hydrogen) atoms. The SMILES string of the molecule is O=[C]OCCC(=O)c1ccccc1. The van der Waals surface area contributed by atoms with E-state index in [1.807, 2.05) is 6.07 Å². The predicted molar refractivity (Wildman–Crippen MR) is 47.0 cm³/mol. The predicted octanol–water partition coefficient (Wildman–Crippen LogP) is 1.34. The maximum Gasteiger partial charge on any atom is 0.417 e. The maximum absolute atomic E-state index is 11.3. The second-order valence-electron chi connectivity index (χ2n) is 2.47. The van der Waals surface area contributed by atoms with Crippen molar-refractivity contribution in [2.45, 2.75) is 6.42 Å². The summed E-state index contributed by atoms with van der Waals surface area (Å²) in [6, 6.07) is 8.88. The summed E-state index contributed by atoms with van der Waals surface area (Å²) in [6.45, 7) is 1.37. The average Bonchev–Trinajstić information content (AvgIpc) is 2.19. The van der Waals surface area contributed by atoms with Crippen LogP contribution in [0.5, 0.6) is 0 Å². The molecule has 0 aromatic heterocycles. The van der Waals surface area contributed by atoms with Crippen LogP contribution in [-0.2, 0) is 9.53 Å². The van der Waals surface area contributed by atoms with E-state index in [-0.39, 0.29) is 18.8 Å². The number of ether oxygens (including phenoxy) is 1. The lowest BCUT2D eigenvalue weighted by molar-refractivity contribution is 0.0958. The van der Waals surface area contributed by atoms with E-state index < -0.39 is 0 Å². The molecule has 0 aliphatic heterocycles. The van der Waals surface area contributed by atoms with E-state index in [4.69, 9.17) is 0 Å². The molecule has 1 radical (unpaired) electrons. The molecule has 0 saturated heterocycles. The van der Waals surface area contributed by atoms with E-state index in [1.54, 1.807) is 24.3 Å². The van der Waals surface area contributed by atoms with E-state index in [0.717, 1.165) is 0 Å². The monoisotopic (exact) mass is 177 g/mol. The van der Waals surface area contributed by atoms with Gasteiger partial charge < -0.3 is 4.74 Å². The fourth-order valence-corrected chi connectivity index (χ4v) is 0.954. The van der Waals surface area contributed by atoms with Crippen molar-refractivity contribution in [3.63, 3.8) is 0 Å². The fourth-order valence-electron chi connectivity index (χ4n) is 0.954. The Labute approximate surface area is 76.3 Å². The fraction of sp³-hybridized carbons (Fsp3) is 0.200. The molecule has 0 amide bonds. The standard InChI is InChI=1S/C10H9O3/c11-8-13-7-6-10(12)9-4-2-1-3-5-9/h1-5H,6-7H2. The summed E-state index contributed by atoms with van der Waals surface area (Å²) in [7, 11) is 0. The van der Waals surface area contributed by atoms with Gasteiger partial charge in [-0.1, -0.05) is 30.3 Å². The normalized spacial score (nSPS) is 9.23. The Morgan fingerprint density at radius 1 is 1.31 bits per heavy atom. The van der Waals surface area contributed by atoms with Crippen molar-refractivity contribution in [2.75, 3.05) is 6.61 Å². The van der Waals surface area contributed by atoms with Gasteiger partial charge in [0.2, 0.25) is 0 Å². The highest BCUT2D eigenvalue weighted by Gasteiger charge is 2.03. The van der Waals surface area contributed by atoms with Crippen LogP contribution in [0.3, 0.4) is 0 Å². The lowest BCUT2D eigenvalue weighted by atomic mass is 10.1. The van der Waals surface area contributed by atoms with Gasteiger partial charge in [0.05, 0.1) is 6.61 Å². The van der Waals surface area contributed by atoms with Crippen LogP contribution in [0.15, 0.2) is 30.3 Å². The molecule has 0 saturated carbocycles. The summed E-state index contributed by atoms with van der Waals surface area (Å²) in [5, 5.41) is 0. The van der Waals surface area contributed by atoms with Gasteiger partial charge in [-0.15, -0.1) is 0 Å². The van der Waals surface area contributed by atoms with Crippen LogP contribution >= 0.6 is 0 Å². The minimum atomic E-state index is -0.0316. The Kier molecular flexibility index (Phi) is 3.70. The zero-order valence-electron chi connectivity index (χ0n) is 7.03. The zero-order valence-corrected chi connectivity index (χ0v) is 7.03. The lowest BCUT2D eigenvalue weighted by Gasteiger charge is -1.98. The molecule has 67 valence electrons. The molecule has 3 heteroatoms. The highest BCUT2D eigenvalue weighted by Crippen LogP contribution is 2.02. The van der Waals surface area contributed by atoms with E-state index in [0.29, 0.717) is 5.56 Å². The van der Waals surface area contributed by atoms with E-state index in [2.05, 4.69) is 4.74 Å². The first-order valence-corrected chi connectivity index (χ1v) is 3.92. The Morgan fingerprint density at radius 2 is 2.00 bits per heavy atom. The average molecular weight is 177 g/mol. The zero-order chi connectivity index (χ0) is 9.52. The largest absolute Gasteiger partial charge is 0.457 e. The third-order valence-electron chi connectivity index (χ3n) is 1.59. The van der Waals surface area contributed by atoms with Crippen LogP contribution in [0.25, 0.3) is 0 Å². The molecule has 0 N–H and O–H groups in total. The van der Waals surface area contributed by atoms with Gasteiger partial charge in [-0.05, 0) is 0 Å². The Morgan fingerprint density at radius 3 is 2.62 bits per heavy atom. The molecule has 0 atom stereocenters. The first-order chi connectivity index (χ1) is 6.34. The van der Waals surface area contributed by atoms with Crippen molar-refractivity contribution < 1.29 is 14.3 Å². The van der Waals surface area contributed by atoms with Gasteiger partial charge >= 0.3 is 6.47 Å². The summed E-state index contributed by atoms with van der Waals surface area (Å²) in [5.41, 5.74) is 0.636. The van der Waals surface area contributed by atoms with Gasteiger partial charge in [-0.2, -0.15) is 0 Å². The summed E-state index contributed by atoms with van der Waals surface area (Å²) in [4.78, 5) is 21.0. The van der Waals surface area contributed by atoms with Gasteiger partial charge in [0.1, 0.15) is 0 Å². The molecule has 1 aromatic rings. The highest BCUT2D eigenvalue weighted by molar-refractivity contribution is 5.96. The molecule has 1 aromatic carbocycles. The summed E-state index contributed by atoms with van der Waals surface area (Å²) >= 11 is 0. The number of hydrogen-bond acceptors (Lipinski definition) is 3. The molecular weight excluding hydrogens is 168 g/mol. The molecule has 0 heterocycles. The molecule has 0 fully saturated rings. The molecule has 0 aliphatic carbocycles. The van der Waals surface area contributed by atoms with Crippen molar-refractivity contribution >= 4 is 12.3 Å². The number of rotatable bonds is 5. The second-order valence-corrected chi connectivity index (χ2v) is 2.47. The van der Waals surface area contributed by atoms with Crippen LogP contribution in [0.4, 0.5) is 0 Å². The Balaban J connectivity index is 2.45. The van der Waals surface area contributed by atoms with Crippen molar-refractivity contribution in [3.8, 4) is 0 Å². The molecule has 0 aliphatic rings.